The Labute approximate surface area is 141 Å². The number of sulfonamides is 1. The number of rotatable bonds is 6. The Hall–Kier alpha value is -1.59. The second-order valence-electron chi connectivity index (χ2n) is 4.74. The molecule has 0 spiro atoms. The van der Waals surface area contributed by atoms with Gasteiger partial charge in [-0.25, -0.2) is 13.1 Å². The highest BCUT2D eigenvalue weighted by Crippen LogP contribution is 2.30. The summed E-state index contributed by atoms with van der Waals surface area (Å²) in [6.07, 6.45) is -4.61. The van der Waals surface area contributed by atoms with E-state index in [0.717, 1.165) is 24.0 Å². The van der Waals surface area contributed by atoms with Crippen molar-refractivity contribution in [3.8, 4) is 0 Å². The Balaban J connectivity index is 2.17. The maximum absolute atomic E-state index is 12.7. The zero-order valence-electron chi connectivity index (χ0n) is 12.8. The van der Waals surface area contributed by atoms with Crippen molar-refractivity contribution in [3.05, 3.63) is 35.7 Å². The van der Waals surface area contributed by atoms with E-state index in [1.165, 1.54) is 11.8 Å². The minimum absolute atomic E-state index is 0.174. The second kappa shape index (κ2) is 7.11. The lowest BCUT2D eigenvalue weighted by Gasteiger charge is -2.10. The number of alkyl halides is 3. The maximum atomic E-state index is 12.7. The molecule has 0 amide bonds. The second-order valence-corrected chi connectivity index (χ2v) is 7.74. The largest absolute Gasteiger partial charge is 0.416 e. The molecular weight excluding hydrogens is 365 g/mol. The van der Waals surface area contributed by atoms with Crippen molar-refractivity contribution in [2.75, 3.05) is 5.75 Å². The fourth-order valence-corrected chi connectivity index (χ4v) is 3.52. The fourth-order valence-electron chi connectivity index (χ4n) is 1.84. The molecule has 1 N–H and O–H groups in total. The van der Waals surface area contributed by atoms with Crippen LogP contribution in [0.3, 0.4) is 0 Å². The van der Waals surface area contributed by atoms with Crippen LogP contribution in [0.25, 0.3) is 0 Å². The fraction of sp³-hybridized carbons (Fsp3) is 0.385. The highest BCUT2D eigenvalue weighted by Gasteiger charge is 2.31. The molecule has 132 valence electrons. The summed E-state index contributed by atoms with van der Waals surface area (Å²) < 4.78 is 66.3. The van der Waals surface area contributed by atoms with E-state index < -0.39 is 26.7 Å². The first-order valence-corrected chi connectivity index (χ1v) is 9.30. The van der Waals surface area contributed by atoms with Gasteiger partial charge in [0.25, 0.3) is 0 Å². The first-order valence-electron chi connectivity index (χ1n) is 6.83. The topological polar surface area (TPSA) is 76.9 Å². The molecule has 11 heteroatoms. The molecule has 2 aromatic rings. The summed E-state index contributed by atoms with van der Waals surface area (Å²) in [5.74, 6) is 1.14. The van der Waals surface area contributed by atoms with Crippen molar-refractivity contribution in [2.45, 2.75) is 29.7 Å². The summed E-state index contributed by atoms with van der Waals surface area (Å²) >= 11 is 1.44. The zero-order chi connectivity index (χ0) is 18.0. The van der Waals surface area contributed by atoms with E-state index in [0.29, 0.717) is 17.0 Å². The number of hydrogen-bond acceptors (Lipinski definition) is 5. The van der Waals surface area contributed by atoms with Crippen LogP contribution >= 0.6 is 11.8 Å². The van der Waals surface area contributed by atoms with Crippen LogP contribution in [-0.2, 0) is 29.8 Å². The monoisotopic (exact) mass is 380 g/mol. The van der Waals surface area contributed by atoms with Crippen LogP contribution in [0.15, 0.2) is 34.3 Å². The van der Waals surface area contributed by atoms with Gasteiger partial charge in [-0.2, -0.15) is 13.2 Å². The molecular formula is C13H15F3N4O2S2. The number of aromatic nitrogens is 3. The van der Waals surface area contributed by atoms with E-state index >= 15 is 0 Å². The molecule has 0 aliphatic rings. The lowest BCUT2D eigenvalue weighted by Crippen LogP contribution is -2.25. The zero-order valence-corrected chi connectivity index (χ0v) is 14.5. The number of nitrogens with zero attached hydrogens (tertiary/aromatic N) is 3. The average Bonchev–Trinajstić information content (AvgIpc) is 2.86. The minimum atomic E-state index is -4.61. The molecule has 0 radical (unpaired) electrons. The third kappa shape index (κ3) is 4.28. The van der Waals surface area contributed by atoms with Gasteiger partial charge in [-0.3, -0.25) is 0 Å². The summed E-state index contributed by atoms with van der Waals surface area (Å²) in [5, 5.41) is 8.42. The normalized spacial score (nSPS) is 12.5. The van der Waals surface area contributed by atoms with Gasteiger partial charge in [0, 0.05) is 7.05 Å². The molecule has 0 unspecified atom stereocenters. The van der Waals surface area contributed by atoms with E-state index in [4.69, 9.17) is 0 Å². The molecule has 24 heavy (non-hydrogen) atoms. The molecule has 0 fully saturated rings. The van der Waals surface area contributed by atoms with Crippen LogP contribution in [0.2, 0.25) is 0 Å². The van der Waals surface area contributed by atoms with E-state index in [1.807, 2.05) is 6.92 Å². The Morgan fingerprint density at radius 1 is 1.29 bits per heavy atom. The van der Waals surface area contributed by atoms with Gasteiger partial charge >= 0.3 is 6.18 Å². The molecule has 0 saturated heterocycles. The van der Waals surface area contributed by atoms with Crippen molar-refractivity contribution in [3.63, 3.8) is 0 Å². The van der Waals surface area contributed by atoms with Gasteiger partial charge in [0.1, 0.15) is 5.82 Å². The molecule has 1 heterocycles. The number of thioether (sulfide) groups is 1. The van der Waals surface area contributed by atoms with Crippen molar-refractivity contribution in [1.82, 2.24) is 19.5 Å². The van der Waals surface area contributed by atoms with Crippen molar-refractivity contribution < 1.29 is 21.6 Å². The highest BCUT2D eigenvalue weighted by atomic mass is 32.2. The number of benzene rings is 1. The third-order valence-electron chi connectivity index (χ3n) is 3.09. The smallest absolute Gasteiger partial charge is 0.308 e. The lowest BCUT2D eigenvalue weighted by molar-refractivity contribution is -0.137. The van der Waals surface area contributed by atoms with Gasteiger partial charge in [-0.1, -0.05) is 24.8 Å². The molecule has 1 aromatic carbocycles. The SMILES string of the molecule is CCSc1nnc(CNS(=O)(=O)c2cccc(C(F)(F)F)c2)n1C. The average molecular weight is 380 g/mol. The molecule has 6 nitrogen and oxygen atoms in total. The summed E-state index contributed by atoms with van der Waals surface area (Å²) in [6, 6.07) is 3.57. The Morgan fingerprint density at radius 2 is 2.00 bits per heavy atom. The number of nitrogens with one attached hydrogen (secondary N) is 1. The van der Waals surface area contributed by atoms with Crippen LogP contribution in [0.1, 0.15) is 18.3 Å². The summed E-state index contributed by atoms with van der Waals surface area (Å²) in [5.41, 5.74) is -1.02. The van der Waals surface area contributed by atoms with Gasteiger partial charge in [0.05, 0.1) is 17.0 Å². The predicted octanol–water partition coefficient (Wildman–Crippen LogP) is 2.42. The minimum Gasteiger partial charge on any atom is -0.308 e. The molecule has 0 bridgehead atoms. The standard InChI is InChI=1S/C13H15F3N4O2S2/c1-3-23-12-19-18-11(20(12)2)8-17-24(21,22)10-6-4-5-9(7-10)13(14,15)16/h4-7,17H,3,8H2,1-2H3. The van der Waals surface area contributed by atoms with E-state index in [-0.39, 0.29) is 6.54 Å². The van der Waals surface area contributed by atoms with Gasteiger partial charge < -0.3 is 4.57 Å². The summed E-state index contributed by atoms with van der Waals surface area (Å²) in [4.78, 5) is -0.456. The lowest BCUT2D eigenvalue weighted by atomic mass is 10.2. The Kier molecular flexibility index (Phi) is 5.56. The first kappa shape index (κ1) is 18.7. The molecule has 0 aliphatic carbocycles. The molecule has 1 aromatic heterocycles. The predicted molar refractivity (Wildman–Crippen MR) is 82.9 cm³/mol. The first-order chi connectivity index (χ1) is 11.1. The van der Waals surface area contributed by atoms with Crippen LogP contribution in [-0.4, -0.2) is 28.9 Å². The van der Waals surface area contributed by atoms with Crippen LogP contribution in [0.5, 0.6) is 0 Å². The van der Waals surface area contributed by atoms with E-state index in [2.05, 4.69) is 14.9 Å². The quantitative estimate of drug-likeness (QED) is 0.779. The van der Waals surface area contributed by atoms with E-state index in [1.54, 1.807) is 11.6 Å². The van der Waals surface area contributed by atoms with Crippen molar-refractivity contribution >= 4 is 21.8 Å². The summed E-state index contributed by atoms with van der Waals surface area (Å²) in [7, 11) is -2.41. The molecule has 0 saturated carbocycles. The Morgan fingerprint density at radius 3 is 2.62 bits per heavy atom. The van der Waals surface area contributed by atoms with Gasteiger partial charge in [-0.15, -0.1) is 10.2 Å². The van der Waals surface area contributed by atoms with Crippen molar-refractivity contribution in [2.24, 2.45) is 7.05 Å². The van der Waals surface area contributed by atoms with Crippen LogP contribution < -0.4 is 4.72 Å². The molecule has 2 rings (SSSR count). The highest BCUT2D eigenvalue weighted by molar-refractivity contribution is 7.99. The molecule has 0 aliphatic heterocycles. The number of hydrogen-bond donors (Lipinski definition) is 1. The van der Waals surface area contributed by atoms with Gasteiger partial charge in [-0.05, 0) is 24.0 Å². The van der Waals surface area contributed by atoms with Gasteiger partial charge in [0.15, 0.2) is 5.16 Å². The Bertz CT molecular complexity index is 819. The number of halogens is 3. The summed E-state index contributed by atoms with van der Waals surface area (Å²) in [6.45, 7) is 1.77. The van der Waals surface area contributed by atoms with E-state index in [9.17, 15) is 21.6 Å². The van der Waals surface area contributed by atoms with Crippen LogP contribution in [0, 0.1) is 0 Å². The third-order valence-corrected chi connectivity index (χ3v) is 5.39. The van der Waals surface area contributed by atoms with Crippen molar-refractivity contribution in [1.29, 1.82) is 0 Å². The molecule has 0 atom stereocenters. The van der Waals surface area contributed by atoms with Crippen LogP contribution in [0.4, 0.5) is 13.2 Å². The maximum Gasteiger partial charge on any atom is 0.416 e. The van der Waals surface area contributed by atoms with Gasteiger partial charge in [0.2, 0.25) is 10.0 Å².